The number of sulfonamides is 1. The van der Waals surface area contributed by atoms with Crippen LogP contribution in [0.15, 0.2) is 77.7 Å². The number of amides is 1. The number of carbonyl (C=O) groups excluding carboxylic acids is 1. The van der Waals surface area contributed by atoms with Gasteiger partial charge in [-0.3, -0.25) is 14.0 Å². The number of hydrogen-bond acceptors (Lipinski definition) is 6. The molecule has 0 spiro atoms. The van der Waals surface area contributed by atoms with E-state index in [1.54, 1.807) is 47.4 Å². The number of fused-ring (bicyclic) bond motifs is 1. The summed E-state index contributed by atoms with van der Waals surface area (Å²) in [7, 11) is -3.91. The van der Waals surface area contributed by atoms with E-state index in [0.717, 1.165) is 29.2 Å². The zero-order valence-corrected chi connectivity index (χ0v) is 21.0. The van der Waals surface area contributed by atoms with E-state index in [1.165, 1.54) is 4.31 Å². The fraction of sp³-hybridized carbons (Fsp3) is 0.296. The van der Waals surface area contributed by atoms with Gasteiger partial charge in [-0.25, -0.2) is 8.42 Å². The van der Waals surface area contributed by atoms with E-state index < -0.39 is 10.0 Å². The van der Waals surface area contributed by atoms with E-state index >= 15 is 0 Å². The molecular weight excluding hydrogens is 478 g/mol. The van der Waals surface area contributed by atoms with Crippen molar-refractivity contribution < 1.29 is 22.7 Å². The van der Waals surface area contributed by atoms with E-state index in [2.05, 4.69) is 4.90 Å². The molecule has 5 rings (SSSR count). The summed E-state index contributed by atoms with van der Waals surface area (Å²) in [5.74, 6) is 1.32. The zero-order chi connectivity index (χ0) is 25.1. The predicted octanol–water partition coefficient (Wildman–Crippen LogP) is 3.26. The Bertz CT molecular complexity index is 1340. The molecular formula is C27H29N3O5S. The van der Waals surface area contributed by atoms with E-state index in [-0.39, 0.29) is 24.1 Å². The van der Waals surface area contributed by atoms with Crippen LogP contribution in [-0.2, 0) is 21.4 Å². The molecule has 36 heavy (non-hydrogen) atoms. The van der Waals surface area contributed by atoms with Gasteiger partial charge in [-0.1, -0.05) is 42.5 Å². The number of ether oxygens (including phenoxy) is 2. The van der Waals surface area contributed by atoms with E-state index in [0.29, 0.717) is 31.9 Å². The van der Waals surface area contributed by atoms with E-state index in [9.17, 15) is 13.2 Å². The van der Waals surface area contributed by atoms with Crippen LogP contribution in [0.25, 0.3) is 0 Å². The number of aryl methyl sites for hydroxylation is 1. The van der Waals surface area contributed by atoms with Crippen molar-refractivity contribution >= 4 is 21.6 Å². The highest BCUT2D eigenvalue weighted by molar-refractivity contribution is 7.92. The van der Waals surface area contributed by atoms with Crippen LogP contribution in [0.2, 0.25) is 0 Å². The number of rotatable bonds is 7. The van der Waals surface area contributed by atoms with Gasteiger partial charge in [-0.05, 0) is 48.4 Å². The number of piperazine rings is 1. The molecule has 9 heteroatoms. The summed E-state index contributed by atoms with van der Waals surface area (Å²) in [5, 5.41) is 0. The highest BCUT2D eigenvalue weighted by atomic mass is 32.2. The van der Waals surface area contributed by atoms with Gasteiger partial charge in [0.15, 0.2) is 11.5 Å². The van der Waals surface area contributed by atoms with Crippen molar-refractivity contribution in [2.75, 3.05) is 43.8 Å². The molecule has 0 bridgehead atoms. The third-order valence-electron chi connectivity index (χ3n) is 6.56. The first-order chi connectivity index (χ1) is 17.4. The first-order valence-corrected chi connectivity index (χ1v) is 13.4. The van der Waals surface area contributed by atoms with Crippen LogP contribution in [0, 0.1) is 6.92 Å². The molecule has 0 aliphatic carbocycles. The molecule has 0 atom stereocenters. The average molecular weight is 508 g/mol. The minimum Gasteiger partial charge on any atom is -0.454 e. The Morgan fingerprint density at radius 3 is 2.33 bits per heavy atom. The van der Waals surface area contributed by atoms with Crippen molar-refractivity contribution in [2.45, 2.75) is 18.4 Å². The Hall–Kier alpha value is -3.56. The largest absolute Gasteiger partial charge is 0.454 e. The van der Waals surface area contributed by atoms with Crippen molar-refractivity contribution in [1.82, 2.24) is 9.80 Å². The van der Waals surface area contributed by atoms with Crippen LogP contribution in [-0.4, -0.2) is 63.6 Å². The van der Waals surface area contributed by atoms with Gasteiger partial charge in [-0.15, -0.1) is 0 Å². The normalized spacial score (nSPS) is 15.6. The van der Waals surface area contributed by atoms with Crippen LogP contribution in [0.1, 0.15) is 11.1 Å². The fourth-order valence-corrected chi connectivity index (χ4v) is 6.04. The lowest BCUT2D eigenvalue weighted by molar-refractivity contribution is -0.131. The Morgan fingerprint density at radius 1 is 0.889 bits per heavy atom. The molecule has 1 fully saturated rings. The molecule has 0 N–H and O–H groups in total. The minimum atomic E-state index is -3.91. The second-order valence-electron chi connectivity index (χ2n) is 8.96. The van der Waals surface area contributed by atoms with E-state index in [4.69, 9.17) is 9.47 Å². The standard InChI is InChI=1S/C27H29N3O5S/c1-21-7-5-6-10-24(21)30(36(32,33)23-8-3-2-4-9-23)19-27(31)29-15-13-28(14-16-29)18-22-11-12-25-26(17-22)35-20-34-25/h2-12,17H,13-16,18-20H2,1H3. The van der Waals surface area contributed by atoms with Crippen LogP contribution in [0.4, 0.5) is 5.69 Å². The van der Waals surface area contributed by atoms with Gasteiger partial charge in [0.1, 0.15) is 6.54 Å². The zero-order valence-electron chi connectivity index (χ0n) is 20.2. The summed E-state index contributed by atoms with van der Waals surface area (Å²) >= 11 is 0. The molecule has 188 valence electrons. The predicted molar refractivity (Wildman–Crippen MR) is 137 cm³/mol. The smallest absolute Gasteiger partial charge is 0.264 e. The third kappa shape index (κ3) is 5.03. The summed E-state index contributed by atoms with van der Waals surface area (Å²) in [5.41, 5.74) is 2.42. The quantitative estimate of drug-likeness (QED) is 0.489. The number of anilines is 1. The lowest BCUT2D eigenvalue weighted by atomic mass is 10.1. The highest BCUT2D eigenvalue weighted by Crippen LogP contribution is 2.33. The molecule has 0 aromatic heterocycles. The lowest BCUT2D eigenvalue weighted by Crippen LogP contribution is -2.51. The molecule has 1 amide bonds. The van der Waals surface area contributed by atoms with Crippen molar-refractivity contribution in [1.29, 1.82) is 0 Å². The van der Waals surface area contributed by atoms with Gasteiger partial charge < -0.3 is 14.4 Å². The van der Waals surface area contributed by atoms with Crippen LogP contribution in [0.5, 0.6) is 11.5 Å². The third-order valence-corrected chi connectivity index (χ3v) is 8.34. The molecule has 0 unspecified atom stereocenters. The minimum absolute atomic E-state index is 0.162. The second kappa shape index (κ2) is 10.2. The molecule has 8 nitrogen and oxygen atoms in total. The summed E-state index contributed by atoms with van der Waals surface area (Å²) in [6.45, 7) is 5.08. The number of benzene rings is 3. The van der Waals surface area contributed by atoms with Gasteiger partial charge in [0.2, 0.25) is 12.7 Å². The van der Waals surface area contributed by atoms with Gasteiger partial charge in [-0.2, -0.15) is 0 Å². The summed E-state index contributed by atoms with van der Waals surface area (Å²) in [4.78, 5) is 17.5. The lowest BCUT2D eigenvalue weighted by Gasteiger charge is -2.36. The number of nitrogens with zero attached hydrogens (tertiary/aromatic N) is 3. The molecule has 1 saturated heterocycles. The maximum absolute atomic E-state index is 13.6. The molecule has 3 aromatic rings. The second-order valence-corrected chi connectivity index (χ2v) is 10.8. The fourth-order valence-electron chi connectivity index (χ4n) is 4.54. The monoisotopic (exact) mass is 507 g/mol. The maximum Gasteiger partial charge on any atom is 0.264 e. The SMILES string of the molecule is Cc1ccccc1N(CC(=O)N1CCN(Cc2ccc3c(c2)OCO3)CC1)S(=O)(=O)c1ccccc1. The van der Waals surface area contributed by atoms with Crippen LogP contribution >= 0.6 is 0 Å². The molecule has 2 heterocycles. The van der Waals surface area contributed by atoms with Crippen molar-refractivity contribution in [3.63, 3.8) is 0 Å². The number of para-hydroxylation sites is 1. The molecule has 2 aliphatic rings. The Labute approximate surface area is 211 Å². The Kier molecular flexibility index (Phi) is 6.84. The Balaban J connectivity index is 1.27. The van der Waals surface area contributed by atoms with Gasteiger partial charge in [0, 0.05) is 32.7 Å². The summed E-state index contributed by atoms with van der Waals surface area (Å²) in [6.07, 6.45) is 0. The summed E-state index contributed by atoms with van der Waals surface area (Å²) < 4.78 is 39.2. The van der Waals surface area contributed by atoms with Gasteiger partial charge >= 0.3 is 0 Å². The summed E-state index contributed by atoms with van der Waals surface area (Å²) in [6, 6.07) is 21.4. The maximum atomic E-state index is 13.6. The number of carbonyl (C=O) groups is 1. The molecule has 0 saturated carbocycles. The topological polar surface area (TPSA) is 79.4 Å². The van der Waals surface area contributed by atoms with Crippen molar-refractivity contribution in [2.24, 2.45) is 0 Å². The molecule has 0 radical (unpaired) electrons. The van der Waals surface area contributed by atoms with Crippen LogP contribution in [0.3, 0.4) is 0 Å². The van der Waals surface area contributed by atoms with Crippen molar-refractivity contribution in [3.8, 4) is 11.5 Å². The highest BCUT2D eigenvalue weighted by Gasteiger charge is 2.31. The Morgan fingerprint density at radius 2 is 1.58 bits per heavy atom. The van der Waals surface area contributed by atoms with Gasteiger partial charge in [0.05, 0.1) is 10.6 Å². The molecule has 3 aromatic carbocycles. The van der Waals surface area contributed by atoms with E-state index in [1.807, 2.05) is 37.3 Å². The van der Waals surface area contributed by atoms with Crippen LogP contribution < -0.4 is 13.8 Å². The average Bonchev–Trinajstić information content (AvgIpc) is 3.36. The first kappa shape index (κ1) is 24.1. The van der Waals surface area contributed by atoms with Crippen molar-refractivity contribution in [3.05, 3.63) is 83.9 Å². The first-order valence-electron chi connectivity index (χ1n) is 11.9. The molecule has 2 aliphatic heterocycles. The van der Waals surface area contributed by atoms with Gasteiger partial charge in [0.25, 0.3) is 10.0 Å². The number of hydrogen-bond donors (Lipinski definition) is 0.